The fourth-order valence-corrected chi connectivity index (χ4v) is 5.81. The third kappa shape index (κ3) is 10.7. The molecule has 51 heavy (non-hydrogen) atoms. The molecule has 4 N–H and O–H groups in total. The average Bonchev–Trinajstić information content (AvgIpc) is 3.12. The van der Waals surface area contributed by atoms with E-state index in [2.05, 4.69) is 35.1 Å². The van der Waals surface area contributed by atoms with Gasteiger partial charge in [-0.25, -0.2) is 24.9 Å². The number of pyridine rings is 1. The largest absolute Gasteiger partial charge is 0.481 e. The summed E-state index contributed by atoms with van der Waals surface area (Å²) in [4.78, 5) is 49.3. The van der Waals surface area contributed by atoms with Crippen LogP contribution in [0.2, 0.25) is 5.28 Å². The lowest BCUT2D eigenvalue weighted by molar-refractivity contribution is -0.138. The second kappa shape index (κ2) is 17.6. The zero-order valence-corrected chi connectivity index (χ0v) is 28.6. The number of morpholine rings is 2. The number of piperidine rings is 1. The Labute approximate surface area is 297 Å². The van der Waals surface area contributed by atoms with Crippen LogP contribution in [0.5, 0.6) is 0 Å². The maximum Gasteiger partial charge on any atom is 0.417 e. The number of hydrogen-bond acceptors (Lipinski definition) is 13. The molecule has 0 spiro atoms. The normalized spacial score (nSPS) is 16.8. The van der Waals surface area contributed by atoms with Gasteiger partial charge in [-0.1, -0.05) is 0 Å². The van der Waals surface area contributed by atoms with Gasteiger partial charge in [0.25, 0.3) is 0 Å². The molecule has 3 saturated heterocycles. The Morgan fingerprint density at radius 2 is 1.55 bits per heavy atom. The fourth-order valence-electron chi connectivity index (χ4n) is 5.64. The predicted molar refractivity (Wildman–Crippen MR) is 184 cm³/mol. The number of carboxylic acid groups (broad SMARTS) is 1. The molecule has 3 aromatic heterocycles. The van der Waals surface area contributed by atoms with Gasteiger partial charge in [-0.2, -0.15) is 13.2 Å². The molecule has 6 heterocycles. The second-order valence-corrected chi connectivity index (χ2v) is 12.3. The molecule has 15 nitrogen and oxygen atoms in total. The summed E-state index contributed by atoms with van der Waals surface area (Å²) in [7, 11) is 0. The van der Waals surface area contributed by atoms with Crippen LogP contribution in [0.3, 0.4) is 0 Å². The first kappa shape index (κ1) is 37.7. The molecule has 0 radical (unpaired) electrons. The minimum Gasteiger partial charge on any atom is -0.481 e. The Bertz CT molecular complexity index is 1660. The van der Waals surface area contributed by atoms with Crippen LogP contribution in [-0.4, -0.2) is 108 Å². The van der Waals surface area contributed by atoms with E-state index in [-0.39, 0.29) is 40.6 Å². The Morgan fingerprint density at radius 1 is 0.902 bits per heavy atom. The summed E-state index contributed by atoms with van der Waals surface area (Å²) in [5.41, 5.74) is 4.24. The zero-order valence-electron chi connectivity index (χ0n) is 27.9. The van der Waals surface area contributed by atoms with Gasteiger partial charge in [-0.3, -0.25) is 14.5 Å². The molecule has 0 unspecified atom stereocenters. The lowest BCUT2D eigenvalue weighted by Crippen LogP contribution is -2.38. The number of nitrogens with zero attached hydrogens (tertiary/aromatic N) is 8. The van der Waals surface area contributed by atoms with E-state index >= 15 is 0 Å². The van der Waals surface area contributed by atoms with Crippen LogP contribution < -0.4 is 25.8 Å². The molecule has 0 atom stereocenters. The summed E-state index contributed by atoms with van der Waals surface area (Å²) in [5, 5.41) is 11.9. The first-order chi connectivity index (χ1) is 24.5. The minimum atomic E-state index is -4.66. The monoisotopic (exact) mass is 736 g/mol. The van der Waals surface area contributed by atoms with Gasteiger partial charge < -0.3 is 35.4 Å². The maximum absolute atomic E-state index is 13.7. The Balaban J connectivity index is 0.000000211. The third-order valence-electron chi connectivity index (χ3n) is 8.25. The zero-order chi connectivity index (χ0) is 36.4. The highest BCUT2D eigenvalue weighted by Gasteiger charge is 2.36. The van der Waals surface area contributed by atoms with Crippen molar-refractivity contribution in [1.82, 2.24) is 24.9 Å². The van der Waals surface area contributed by atoms with Crippen molar-refractivity contribution in [3.05, 3.63) is 35.2 Å². The number of nitrogens with two attached hydrogens (primary N) is 1. The summed E-state index contributed by atoms with van der Waals surface area (Å²) in [6.45, 7) is 6.08. The van der Waals surface area contributed by atoms with Crippen molar-refractivity contribution in [1.29, 1.82) is 0 Å². The number of halogens is 4. The molecule has 0 bridgehead atoms. The third-order valence-corrected chi connectivity index (χ3v) is 8.42. The van der Waals surface area contributed by atoms with Crippen LogP contribution >= 0.6 is 11.6 Å². The van der Waals surface area contributed by atoms with Gasteiger partial charge in [-0.15, -0.1) is 0 Å². The molecule has 3 aliphatic rings. The topological polar surface area (TPSA) is 185 Å². The number of alkyl halides is 3. The molecule has 3 aromatic rings. The summed E-state index contributed by atoms with van der Waals surface area (Å²) >= 11 is 5.95. The van der Waals surface area contributed by atoms with Crippen LogP contribution in [0.1, 0.15) is 44.1 Å². The van der Waals surface area contributed by atoms with Crippen molar-refractivity contribution in [2.75, 3.05) is 91.4 Å². The Morgan fingerprint density at radius 3 is 2.18 bits per heavy atom. The van der Waals surface area contributed by atoms with E-state index in [9.17, 15) is 22.8 Å². The molecule has 3 fully saturated rings. The molecule has 0 saturated carbocycles. The summed E-state index contributed by atoms with van der Waals surface area (Å²) < 4.78 is 51.6. The molecule has 276 valence electrons. The number of unbranched alkanes of at least 4 members (excludes halogenated alkanes) is 1. The quantitative estimate of drug-likeness (QED) is 0.199. The standard InChI is InChI=1S/C19H21F3N6O2.C13H19ClN4O3/c20-19(21,22)13-9-14(23)24-11-12(13)18-25-15(27-5-7-30-8-6-27)10-16(26-18)28-4-2-1-3-17(28)29;14-13-16-10(15-4-2-1-3-12(19)20)9-11(17-13)18-5-7-21-8-6-18/h9-11H,1-8H2,(H2,23,24);9H,1-8H2,(H,19,20)(H,15,16,17). The molecule has 1 amide bonds. The van der Waals surface area contributed by atoms with Gasteiger partial charge >= 0.3 is 12.1 Å². The van der Waals surface area contributed by atoms with Gasteiger partial charge in [0.1, 0.15) is 29.1 Å². The van der Waals surface area contributed by atoms with Crippen LogP contribution in [0.25, 0.3) is 11.4 Å². The van der Waals surface area contributed by atoms with Gasteiger partial charge in [-0.05, 0) is 43.4 Å². The number of nitrogens with one attached hydrogen (secondary N) is 1. The molecule has 6 rings (SSSR count). The number of carbonyl (C=O) groups is 2. The Kier molecular flexibility index (Phi) is 13.0. The number of hydrogen-bond donors (Lipinski definition) is 3. The number of nitrogen functional groups attached to an aromatic ring is 1. The number of ether oxygens (including phenoxy) is 2. The highest BCUT2D eigenvalue weighted by atomic mass is 35.5. The number of rotatable bonds is 10. The molecule has 0 aromatic carbocycles. The first-order valence-corrected chi connectivity index (χ1v) is 17.0. The average molecular weight is 737 g/mol. The lowest BCUT2D eigenvalue weighted by atomic mass is 10.1. The SMILES string of the molecule is Nc1cc(C(F)(F)F)c(-c2nc(N3CCOCC3)cc(N3CCCCC3=O)n2)cn1.O=C(O)CCCCNc1cc(N2CCOCC2)nc(Cl)n1. The number of aromatic nitrogens is 5. The van der Waals surface area contributed by atoms with Crippen LogP contribution in [0.4, 0.5) is 42.3 Å². The van der Waals surface area contributed by atoms with Crippen LogP contribution in [0.15, 0.2) is 24.4 Å². The molecule has 0 aliphatic carbocycles. The van der Waals surface area contributed by atoms with E-state index in [1.54, 1.807) is 6.07 Å². The molecule has 3 aliphatic heterocycles. The van der Waals surface area contributed by atoms with Crippen LogP contribution in [-0.2, 0) is 25.2 Å². The number of amides is 1. The highest BCUT2D eigenvalue weighted by molar-refractivity contribution is 6.28. The van der Waals surface area contributed by atoms with Crippen molar-refractivity contribution in [3.63, 3.8) is 0 Å². The van der Waals surface area contributed by atoms with E-state index in [1.807, 2.05) is 11.0 Å². The first-order valence-electron chi connectivity index (χ1n) is 16.7. The smallest absolute Gasteiger partial charge is 0.417 e. The highest BCUT2D eigenvalue weighted by Crippen LogP contribution is 2.38. The molecular formula is C32H40ClF3N10O5. The van der Waals surface area contributed by atoms with Gasteiger partial charge in [0.15, 0.2) is 5.82 Å². The lowest BCUT2D eigenvalue weighted by Gasteiger charge is -2.30. The minimum absolute atomic E-state index is 0.106. The van der Waals surface area contributed by atoms with Crippen molar-refractivity contribution in [3.8, 4) is 11.4 Å². The van der Waals surface area contributed by atoms with E-state index in [0.717, 1.165) is 50.4 Å². The number of carbonyl (C=O) groups excluding carboxylic acids is 1. The maximum atomic E-state index is 13.7. The van der Waals surface area contributed by atoms with E-state index in [1.165, 1.54) is 4.90 Å². The van der Waals surface area contributed by atoms with E-state index in [0.29, 0.717) is 77.1 Å². The second-order valence-electron chi connectivity index (χ2n) is 11.9. The summed E-state index contributed by atoms with van der Waals surface area (Å²) in [5.74, 6) is 0.907. The molecule has 19 heteroatoms. The summed E-state index contributed by atoms with van der Waals surface area (Å²) in [6.07, 6.45) is -0.0872. The van der Waals surface area contributed by atoms with E-state index in [4.69, 9.17) is 31.9 Å². The summed E-state index contributed by atoms with van der Waals surface area (Å²) in [6, 6.07) is 4.27. The van der Waals surface area contributed by atoms with Gasteiger partial charge in [0.05, 0.1) is 37.6 Å². The van der Waals surface area contributed by atoms with Crippen molar-refractivity contribution in [2.45, 2.75) is 44.7 Å². The Hall–Kier alpha value is -4.55. The van der Waals surface area contributed by atoms with Crippen LogP contribution in [0, 0.1) is 0 Å². The number of carboxylic acids is 1. The van der Waals surface area contributed by atoms with Crippen molar-refractivity contribution >= 4 is 52.6 Å². The predicted octanol–water partition coefficient (Wildman–Crippen LogP) is 4.13. The molecular weight excluding hydrogens is 697 g/mol. The fraction of sp³-hybridized carbons (Fsp3) is 0.531. The van der Waals surface area contributed by atoms with E-state index < -0.39 is 17.7 Å². The van der Waals surface area contributed by atoms with Gasteiger partial charge in [0.2, 0.25) is 11.2 Å². The van der Waals surface area contributed by atoms with Crippen molar-refractivity contribution in [2.24, 2.45) is 0 Å². The van der Waals surface area contributed by atoms with Gasteiger partial charge in [0, 0.05) is 70.4 Å². The number of anilines is 5. The van der Waals surface area contributed by atoms with Crippen molar-refractivity contribution < 1.29 is 37.3 Å². The number of aliphatic carboxylic acids is 1.